The van der Waals surface area contributed by atoms with Crippen LogP contribution in [0.25, 0.3) is 0 Å². The van der Waals surface area contributed by atoms with Crippen molar-refractivity contribution in [3.05, 3.63) is 29.8 Å². The van der Waals surface area contributed by atoms with Crippen LogP contribution in [0.2, 0.25) is 0 Å². The maximum absolute atomic E-state index is 8.87. The highest BCUT2D eigenvalue weighted by Crippen LogP contribution is 2.17. The summed E-state index contributed by atoms with van der Waals surface area (Å²) in [6.45, 7) is 4.06. The van der Waals surface area contributed by atoms with Crippen LogP contribution in [0.3, 0.4) is 0 Å². The highest BCUT2D eigenvalue weighted by Gasteiger charge is 2.10. The summed E-state index contributed by atoms with van der Waals surface area (Å²) in [6, 6.07) is 10.2. The molecule has 0 radical (unpaired) electrons. The quantitative estimate of drug-likeness (QED) is 0.826. The predicted octanol–water partition coefficient (Wildman–Crippen LogP) is 2.65. The first-order valence-electron chi connectivity index (χ1n) is 5.50. The summed E-state index contributed by atoms with van der Waals surface area (Å²) in [5, 5.41) is 12.1. The zero-order valence-electron chi connectivity index (χ0n) is 10.0. The predicted molar refractivity (Wildman–Crippen MR) is 64.2 cm³/mol. The Morgan fingerprint density at radius 3 is 2.44 bits per heavy atom. The molecule has 0 saturated carbocycles. The molecule has 0 amide bonds. The number of nitrogens with one attached hydrogen (secondary N) is 1. The maximum atomic E-state index is 8.87. The minimum absolute atomic E-state index is 0.0860. The monoisotopic (exact) mass is 218 g/mol. The van der Waals surface area contributed by atoms with Gasteiger partial charge in [-0.2, -0.15) is 5.26 Å². The van der Waals surface area contributed by atoms with E-state index in [1.807, 2.05) is 31.2 Å². The third kappa shape index (κ3) is 3.25. The van der Waals surface area contributed by atoms with Crippen LogP contribution in [0.4, 0.5) is 0 Å². The van der Waals surface area contributed by atoms with Gasteiger partial charge in [-0.15, -0.1) is 0 Å². The standard InChI is InChI=1S/C13H18N2O/c1-4-12(9-14)15-10(2)11-5-7-13(16-3)8-6-11/h5-8,10,12,15H,4H2,1-3H3/t10-,12?/m1/s1. The summed E-state index contributed by atoms with van der Waals surface area (Å²) in [5.41, 5.74) is 1.16. The molecule has 1 aromatic carbocycles. The molecule has 0 fully saturated rings. The van der Waals surface area contributed by atoms with Crippen molar-refractivity contribution in [3.8, 4) is 11.8 Å². The summed E-state index contributed by atoms with van der Waals surface area (Å²) >= 11 is 0. The van der Waals surface area contributed by atoms with Gasteiger partial charge in [0, 0.05) is 6.04 Å². The molecule has 1 aromatic rings. The molecule has 3 nitrogen and oxygen atoms in total. The fourth-order valence-corrected chi connectivity index (χ4v) is 1.54. The van der Waals surface area contributed by atoms with Gasteiger partial charge in [0.15, 0.2) is 0 Å². The van der Waals surface area contributed by atoms with E-state index in [2.05, 4.69) is 18.3 Å². The van der Waals surface area contributed by atoms with Crippen molar-refractivity contribution in [2.75, 3.05) is 7.11 Å². The molecule has 16 heavy (non-hydrogen) atoms. The molecule has 86 valence electrons. The molecule has 0 aliphatic heterocycles. The molecular formula is C13H18N2O. The van der Waals surface area contributed by atoms with Gasteiger partial charge in [-0.25, -0.2) is 0 Å². The van der Waals surface area contributed by atoms with Crippen molar-refractivity contribution >= 4 is 0 Å². The molecular weight excluding hydrogens is 200 g/mol. The van der Waals surface area contributed by atoms with E-state index < -0.39 is 0 Å². The first kappa shape index (κ1) is 12.5. The summed E-state index contributed by atoms with van der Waals surface area (Å²) in [5.74, 6) is 0.850. The molecule has 1 N–H and O–H groups in total. The van der Waals surface area contributed by atoms with Gasteiger partial charge in [0.25, 0.3) is 0 Å². The second kappa shape index (κ2) is 6.14. The number of methoxy groups -OCH3 is 1. The van der Waals surface area contributed by atoms with Crippen LogP contribution in [-0.2, 0) is 0 Å². The largest absolute Gasteiger partial charge is 0.497 e. The number of hydrogen-bond donors (Lipinski definition) is 1. The van der Waals surface area contributed by atoms with Crippen molar-refractivity contribution < 1.29 is 4.74 Å². The Hall–Kier alpha value is -1.53. The van der Waals surface area contributed by atoms with E-state index in [-0.39, 0.29) is 12.1 Å². The van der Waals surface area contributed by atoms with Crippen molar-refractivity contribution in [2.45, 2.75) is 32.4 Å². The number of ether oxygens (including phenoxy) is 1. The zero-order valence-corrected chi connectivity index (χ0v) is 10.0. The van der Waals surface area contributed by atoms with Gasteiger partial charge in [-0.3, -0.25) is 5.32 Å². The highest BCUT2D eigenvalue weighted by atomic mass is 16.5. The first-order valence-corrected chi connectivity index (χ1v) is 5.50. The first-order chi connectivity index (χ1) is 7.71. The molecule has 1 rings (SSSR count). The summed E-state index contributed by atoms with van der Waals surface area (Å²) < 4.78 is 5.10. The minimum Gasteiger partial charge on any atom is -0.497 e. The number of nitrogens with zero attached hydrogens (tertiary/aromatic N) is 1. The van der Waals surface area contributed by atoms with Crippen LogP contribution in [0.5, 0.6) is 5.75 Å². The number of rotatable bonds is 5. The average molecular weight is 218 g/mol. The van der Waals surface area contributed by atoms with Crippen molar-refractivity contribution in [2.24, 2.45) is 0 Å². The lowest BCUT2D eigenvalue weighted by molar-refractivity contribution is 0.414. The Kier molecular flexibility index (Phi) is 4.81. The third-order valence-electron chi connectivity index (χ3n) is 2.63. The Balaban J connectivity index is 2.65. The Labute approximate surface area is 97.0 Å². The lowest BCUT2D eigenvalue weighted by atomic mass is 10.1. The lowest BCUT2D eigenvalue weighted by Crippen LogP contribution is -2.29. The van der Waals surface area contributed by atoms with Crippen molar-refractivity contribution in [3.63, 3.8) is 0 Å². The number of benzene rings is 1. The van der Waals surface area contributed by atoms with Crippen LogP contribution in [0.15, 0.2) is 24.3 Å². The van der Waals surface area contributed by atoms with Gasteiger partial charge in [-0.1, -0.05) is 19.1 Å². The van der Waals surface area contributed by atoms with Crippen LogP contribution >= 0.6 is 0 Å². The van der Waals surface area contributed by atoms with Gasteiger partial charge in [0.1, 0.15) is 5.75 Å². The lowest BCUT2D eigenvalue weighted by Gasteiger charge is -2.17. The summed E-state index contributed by atoms with van der Waals surface area (Å²) in [4.78, 5) is 0. The molecule has 2 atom stereocenters. The molecule has 0 aliphatic rings. The third-order valence-corrected chi connectivity index (χ3v) is 2.63. The summed E-state index contributed by atoms with van der Waals surface area (Å²) in [6.07, 6.45) is 0.816. The van der Waals surface area contributed by atoms with Gasteiger partial charge in [0.05, 0.1) is 19.2 Å². The van der Waals surface area contributed by atoms with Crippen LogP contribution in [-0.4, -0.2) is 13.2 Å². The Morgan fingerprint density at radius 1 is 1.38 bits per heavy atom. The smallest absolute Gasteiger partial charge is 0.118 e. The normalized spacial score (nSPS) is 13.9. The maximum Gasteiger partial charge on any atom is 0.118 e. The Bertz CT molecular complexity index is 353. The fourth-order valence-electron chi connectivity index (χ4n) is 1.54. The van der Waals surface area contributed by atoms with Gasteiger partial charge in [0.2, 0.25) is 0 Å². The molecule has 0 aliphatic carbocycles. The zero-order chi connectivity index (χ0) is 12.0. The van der Waals surface area contributed by atoms with E-state index in [0.717, 1.165) is 17.7 Å². The molecule has 3 heteroatoms. The second-order valence-electron chi connectivity index (χ2n) is 3.75. The van der Waals surface area contributed by atoms with Gasteiger partial charge < -0.3 is 4.74 Å². The van der Waals surface area contributed by atoms with Crippen LogP contribution in [0, 0.1) is 11.3 Å². The van der Waals surface area contributed by atoms with Crippen molar-refractivity contribution in [1.82, 2.24) is 5.32 Å². The van der Waals surface area contributed by atoms with E-state index >= 15 is 0 Å². The highest BCUT2D eigenvalue weighted by molar-refractivity contribution is 5.29. The van der Waals surface area contributed by atoms with Crippen LogP contribution < -0.4 is 10.1 Å². The van der Waals surface area contributed by atoms with E-state index in [1.165, 1.54) is 0 Å². The summed E-state index contributed by atoms with van der Waals surface area (Å²) in [7, 11) is 1.65. The van der Waals surface area contributed by atoms with Crippen LogP contribution in [0.1, 0.15) is 31.9 Å². The number of hydrogen-bond acceptors (Lipinski definition) is 3. The number of nitriles is 1. The SMILES string of the molecule is CCC(C#N)N[C@H](C)c1ccc(OC)cc1. The van der Waals surface area contributed by atoms with Gasteiger partial charge >= 0.3 is 0 Å². The fraction of sp³-hybridized carbons (Fsp3) is 0.462. The molecule has 0 heterocycles. The second-order valence-corrected chi connectivity index (χ2v) is 3.75. The average Bonchev–Trinajstić information content (AvgIpc) is 2.35. The topological polar surface area (TPSA) is 45.0 Å². The van der Waals surface area contributed by atoms with Crippen molar-refractivity contribution in [1.29, 1.82) is 5.26 Å². The van der Waals surface area contributed by atoms with E-state index in [9.17, 15) is 0 Å². The Morgan fingerprint density at radius 2 is 2.00 bits per heavy atom. The van der Waals surface area contributed by atoms with E-state index in [4.69, 9.17) is 10.00 Å². The van der Waals surface area contributed by atoms with E-state index in [1.54, 1.807) is 7.11 Å². The minimum atomic E-state index is -0.0860. The molecule has 1 unspecified atom stereocenters. The molecule has 0 saturated heterocycles. The van der Waals surface area contributed by atoms with E-state index in [0.29, 0.717) is 0 Å². The molecule has 0 bridgehead atoms. The molecule has 0 spiro atoms. The molecule has 0 aromatic heterocycles. The van der Waals surface area contributed by atoms with Gasteiger partial charge in [-0.05, 0) is 31.0 Å².